The van der Waals surface area contributed by atoms with Crippen LogP contribution in [0.1, 0.15) is 39.5 Å². The van der Waals surface area contributed by atoms with Gasteiger partial charge in [-0.1, -0.05) is 0 Å². The predicted octanol–water partition coefficient (Wildman–Crippen LogP) is 1.85. The van der Waals surface area contributed by atoms with E-state index in [1.54, 1.807) is 0 Å². The van der Waals surface area contributed by atoms with E-state index in [1.165, 1.54) is 24.3 Å². The fraction of sp³-hybridized carbons (Fsp3) is 1.00. The van der Waals surface area contributed by atoms with Crippen molar-refractivity contribution in [3.63, 3.8) is 0 Å². The van der Waals surface area contributed by atoms with Gasteiger partial charge in [0.2, 0.25) is 0 Å². The molecule has 0 radical (unpaired) electrons. The van der Waals surface area contributed by atoms with E-state index in [1.807, 2.05) is 0 Å². The largest absolute Gasteiger partial charge is 0.375 e. The first-order valence-electron chi connectivity index (χ1n) is 7.76. The van der Waals surface area contributed by atoms with Gasteiger partial charge in [-0.2, -0.15) is 11.8 Å². The Morgan fingerprint density at radius 1 is 1.35 bits per heavy atom. The Labute approximate surface area is 128 Å². The lowest BCUT2D eigenvalue weighted by atomic mass is 9.73. The molecule has 0 aliphatic carbocycles. The van der Waals surface area contributed by atoms with Crippen molar-refractivity contribution in [2.75, 3.05) is 32.2 Å². The zero-order valence-corrected chi connectivity index (χ0v) is 14.3. The standard InChI is InChI=1S/C15H31N3OS/c1-14(2,18(3)4)13(17-16)12-5-8-19-15(11-12)6-9-20-10-7-15/h12-13,17H,5-11,16H2,1-4H3. The van der Waals surface area contributed by atoms with Crippen LogP contribution in [0.2, 0.25) is 0 Å². The van der Waals surface area contributed by atoms with Gasteiger partial charge in [0.25, 0.3) is 0 Å². The quantitative estimate of drug-likeness (QED) is 0.613. The van der Waals surface area contributed by atoms with E-state index in [-0.39, 0.29) is 11.1 Å². The maximum Gasteiger partial charge on any atom is 0.0701 e. The second-order valence-electron chi connectivity index (χ2n) is 7.09. The maximum atomic E-state index is 6.21. The van der Waals surface area contributed by atoms with Gasteiger partial charge in [-0.05, 0) is 71.0 Å². The first-order valence-corrected chi connectivity index (χ1v) is 8.92. The van der Waals surface area contributed by atoms with E-state index < -0.39 is 0 Å². The van der Waals surface area contributed by atoms with Crippen molar-refractivity contribution in [3.8, 4) is 0 Å². The van der Waals surface area contributed by atoms with Crippen LogP contribution >= 0.6 is 11.8 Å². The Hall–Kier alpha value is 0.190. The van der Waals surface area contributed by atoms with E-state index in [0.717, 1.165) is 19.4 Å². The summed E-state index contributed by atoms with van der Waals surface area (Å²) < 4.78 is 6.21. The fourth-order valence-corrected chi connectivity index (χ4v) is 4.87. The number of hydrazine groups is 1. The van der Waals surface area contributed by atoms with Crippen molar-refractivity contribution >= 4 is 11.8 Å². The Morgan fingerprint density at radius 2 is 2.00 bits per heavy atom. The van der Waals surface area contributed by atoms with Gasteiger partial charge in [-0.3, -0.25) is 11.3 Å². The van der Waals surface area contributed by atoms with E-state index in [4.69, 9.17) is 10.6 Å². The van der Waals surface area contributed by atoms with Crippen LogP contribution in [0, 0.1) is 5.92 Å². The average molecular weight is 302 g/mol. The Balaban J connectivity index is 2.10. The molecular weight excluding hydrogens is 270 g/mol. The second-order valence-corrected chi connectivity index (χ2v) is 8.31. The molecule has 3 N–H and O–H groups in total. The number of nitrogens with zero attached hydrogens (tertiary/aromatic N) is 1. The van der Waals surface area contributed by atoms with Gasteiger partial charge >= 0.3 is 0 Å². The highest BCUT2D eigenvalue weighted by atomic mass is 32.2. The highest BCUT2D eigenvalue weighted by Gasteiger charge is 2.45. The summed E-state index contributed by atoms with van der Waals surface area (Å²) >= 11 is 2.06. The summed E-state index contributed by atoms with van der Waals surface area (Å²) in [7, 11) is 4.27. The molecule has 2 saturated heterocycles. The van der Waals surface area contributed by atoms with Crippen LogP contribution in [0.25, 0.3) is 0 Å². The number of rotatable bonds is 4. The summed E-state index contributed by atoms with van der Waals surface area (Å²) in [6.07, 6.45) is 4.67. The SMILES string of the molecule is CN(C)C(C)(C)C(NN)C1CCOC2(CCSCC2)C1. The van der Waals surface area contributed by atoms with Crippen LogP contribution < -0.4 is 11.3 Å². The minimum Gasteiger partial charge on any atom is -0.375 e. The number of thioether (sulfide) groups is 1. The first kappa shape index (κ1) is 16.6. The predicted molar refractivity (Wildman–Crippen MR) is 86.8 cm³/mol. The van der Waals surface area contributed by atoms with Gasteiger partial charge < -0.3 is 9.64 Å². The van der Waals surface area contributed by atoms with Crippen molar-refractivity contribution in [1.29, 1.82) is 0 Å². The van der Waals surface area contributed by atoms with Crippen molar-refractivity contribution in [1.82, 2.24) is 10.3 Å². The lowest BCUT2D eigenvalue weighted by Gasteiger charge is -2.50. The average Bonchev–Trinajstić information content (AvgIpc) is 2.40. The molecule has 2 fully saturated rings. The van der Waals surface area contributed by atoms with E-state index >= 15 is 0 Å². The molecule has 2 rings (SSSR count). The highest BCUT2D eigenvalue weighted by molar-refractivity contribution is 7.99. The van der Waals surface area contributed by atoms with Crippen molar-refractivity contribution in [2.45, 2.75) is 56.7 Å². The van der Waals surface area contributed by atoms with Crippen LogP contribution in [0.4, 0.5) is 0 Å². The third-order valence-electron chi connectivity index (χ3n) is 5.50. The van der Waals surface area contributed by atoms with Crippen LogP contribution in [-0.4, -0.2) is 54.3 Å². The van der Waals surface area contributed by atoms with Gasteiger partial charge in [0, 0.05) is 18.2 Å². The zero-order chi connectivity index (χ0) is 14.8. The monoisotopic (exact) mass is 301 g/mol. The minimum atomic E-state index is 0.0430. The lowest BCUT2D eigenvalue weighted by molar-refractivity contribution is -0.114. The molecule has 0 amide bonds. The molecule has 0 saturated carbocycles. The van der Waals surface area contributed by atoms with Crippen molar-refractivity contribution in [2.24, 2.45) is 11.8 Å². The summed E-state index contributed by atoms with van der Waals surface area (Å²) in [5, 5.41) is 0. The number of likely N-dealkylation sites (N-methyl/N-ethyl adjacent to an activating group) is 1. The minimum absolute atomic E-state index is 0.0430. The topological polar surface area (TPSA) is 50.5 Å². The molecule has 20 heavy (non-hydrogen) atoms. The van der Waals surface area contributed by atoms with Gasteiger partial charge in [-0.15, -0.1) is 0 Å². The molecule has 4 nitrogen and oxygen atoms in total. The first-order chi connectivity index (χ1) is 9.41. The highest BCUT2D eigenvalue weighted by Crippen LogP contribution is 2.42. The molecule has 2 heterocycles. The zero-order valence-electron chi connectivity index (χ0n) is 13.4. The van der Waals surface area contributed by atoms with Crippen LogP contribution in [0.5, 0.6) is 0 Å². The summed E-state index contributed by atoms with van der Waals surface area (Å²) in [6, 6.07) is 0.299. The third-order valence-corrected chi connectivity index (χ3v) is 6.49. The Morgan fingerprint density at radius 3 is 2.55 bits per heavy atom. The second kappa shape index (κ2) is 6.53. The van der Waals surface area contributed by atoms with Gasteiger partial charge in [0.1, 0.15) is 0 Å². The molecule has 118 valence electrons. The smallest absolute Gasteiger partial charge is 0.0701 e. The Bertz CT molecular complexity index is 311. The van der Waals surface area contributed by atoms with Crippen LogP contribution in [0.15, 0.2) is 0 Å². The fourth-order valence-electron chi connectivity index (χ4n) is 3.64. The number of nitrogens with one attached hydrogen (secondary N) is 1. The van der Waals surface area contributed by atoms with Crippen LogP contribution in [-0.2, 0) is 4.74 Å². The van der Waals surface area contributed by atoms with Crippen molar-refractivity contribution in [3.05, 3.63) is 0 Å². The Kier molecular flexibility index (Phi) is 5.40. The summed E-state index contributed by atoms with van der Waals surface area (Å²) in [6.45, 7) is 5.43. The van der Waals surface area contributed by atoms with Gasteiger partial charge in [-0.25, -0.2) is 0 Å². The molecule has 0 aromatic rings. The van der Waals surface area contributed by atoms with E-state index in [2.05, 4.69) is 50.0 Å². The number of hydrogen-bond donors (Lipinski definition) is 2. The molecule has 0 bridgehead atoms. The number of hydrogen-bond acceptors (Lipinski definition) is 5. The molecule has 2 atom stereocenters. The van der Waals surface area contributed by atoms with E-state index in [9.17, 15) is 0 Å². The third kappa shape index (κ3) is 3.33. The molecule has 0 aromatic heterocycles. The molecular formula is C15H31N3OS. The lowest BCUT2D eigenvalue weighted by Crippen LogP contribution is -2.62. The van der Waals surface area contributed by atoms with Crippen molar-refractivity contribution < 1.29 is 4.74 Å². The van der Waals surface area contributed by atoms with Gasteiger partial charge in [0.05, 0.1) is 5.60 Å². The van der Waals surface area contributed by atoms with Gasteiger partial charge in [0.15, 0.2) is 0 Å². The van der Waals surface area contributed by atoms with E-state index in [0.29, 0.717) is 12.0 Å². The summed E-state index contributed by atoms with van der Waals surface area (Å²) in [5.74, 6) is 9.00. The number of ether oxygens (including phenoxy) is 1. The maximum absolute atomic E-state index is 6.21. The normalized spacial score (nSPS) is 28.8. The number of nitrogens with two attached hydrogens (primary N) is 1. The summed E-state index contributed by atoms with van der Waals surface area (Å²) in [5.41, 5.74) is 3.29. The van der Waals surface area contributed by atoms with Crippen LogP contribution in [0.3, 0.4) is 0 Å². The molecule has 5 heteroatoms. The molecule has 0 aromatic carbocycles. The molecule has 2 unspecified atom stereocenters. The molecule has 1 spiro atoms. The molecule has 2 aliphatic heterocycles. The summed E-state index contributed by atoms with van der Waals surface area (Å²) in [4.78, 5) is 2.27. The molecule has 2 aliphatic rings.